The lowest BCUT2D eigenvalue weighted by molar-refractivity contribution is -0.138. The molecule has 0 amide bonds. The van der Waals surface area contributed by atoms with Gasteiger partial charge in [-0.05, 0) is 24.0 Å². The summed E-state index contributed by atoms with van der Waals surface area (Å²) < 4.78 is 4.99. The number of benzene rings is 1. The second-order valence-electron chi connectivity index (χ2n) is 4.10. The zero-order valence-corrected chi connectivity index (χ0v) is 11.0. The van der Waals surface area contributed by atoms with Gasteiger partial charge in [-0.1, -0.05) is 37.3 Å². The van der Waals surface area contributed by atoms with Gasteiger partial charge in [-0.25, -0.2) is 4.79 Å². The molecule has 0 heterocycles. The Labute approximate surface area is 112 Å². The molecule has 102 valence electrons. The Bertz CT molecular complexity index is 448. The Morgan fingerprint density at radius 3 is 2.47 bits per heavy atom. The third-order valence-electron chi connectivity index (χ3n) is 2.49. The molecule has 0 fully saturated rings. The van der Waals surface area contributed by atoms with E-state index in [1.165, 1.54) is 6.08 Å². The van der Waals surface area contributed by atoms with Crippen LogP contribution in [0.4, 0.5) is 0 Å². The van der Waals surface area contributed by atoms with Crippen molar-refractivity contribution in [1.29, 1.82) is 0 Å². The van der Waals surface area contributed by atoms with E-state index in [1.807, 2.05) is 37.3 Å². The first-order valence-electron chi connectivity index (χ1n) is 6.28. The van der Waals surface area contributed by atoms with Gasteiger partial charge < -0.3 is 9.84 Å². The highest BCUT2D eigenvalue weighted by Gasteiger charge is 2.08. The molecule has 0 saturated heterocycles. The van der Waals surface area contributed by atoms with E-state index in [9.17, 15) is 9.59 Å². The molecule has 0 saturated carbocycles. The maximum absolute atomic E-state index is 11.6. The fourth-order valence-electron chi connectivity index (χ4n) is 1.58. The minimum Gasteiger partial charge on any atom is -0.481 e. The van der Waals surface area contributed by atoms with Crippen LogP contribution in [0.1, 0.15) is 31.7 Å². The Kier molecular flexibility index (Phi) is 6.36. The molecule has 4 heteroatoms. The highest BCUT2D eigenvalue weighted by atomic mass is 16.5. The summed E-state index contributed by atoms with van der Waals surface area (Å²) in [7, 11) is 0. The number of carboxylic acids is 1. The van der Waals surface area contributed by atoms with Crippen LogP contribution in [0.5, 0.6) is 0 Å². The lowest BCUT2D eigenvalue weighted by Crippen LogP contribution is -2.03. The molecule has 19 heavy (non-hydrogen) atoms. The number of carboxylic acid groups (broad SMARTS) is 1. The van der Waals surface area contributed by atoms with E-state index in [1.54, 1.807) is 0 Å². The maximum atomic E-state index is 11.6. The Morgan fingerprint density at radius 1 is 1.21 bits per heavy atom. The molecule has 4 nitrogen and oxygen atoms in total. The van der Waals surface area contributed by atoms with Crippen molar-refractivity contribution in [3.63, 3.8) is 0 Å². The van der Waals surface area contributed by atoms with Crippen LogP contribution in [0.3, 0.4) is 0 Å². The number of hydrogen-bond donors (Lipinski definition) is 1. The van der Waals surface area contributed by atoms with Crippen LogP contribution in [0.2, 0.25) is 0 Å². The maximum Gasteiger partial charge on any atom is 0.331 e. The number of allylic oxidation sites excluding steroid dienone is 1. The van der Waals surface area contributed by atoms with E-state index >= 15 is 0 Å². The zero-order valence-electron chi connectivity index (χ0n) is 11.0. The molecule has 0 atom stereocenters. The average Bonchev–Trinajstić information content (AvgIpc) is 2.42. The molecule has 0 unspecified atom stereocenters. The molecule has 0 bridgehead atoms. The molecule has 0 aliphatic rings. The van der Waals surface area contributed by atoms with Crippen molar-refractivity contribution < 1.29 is 19.4 Å². The van der Waals surface area contributed by atoms with Crippen molar-refractivity contribution in [3.8, 4) is 0 Å². The Morgan fingerprint density at radius 2 is 1.89 bits per heavy atom. The van der Waals surface area contributed by atoms with Gasteiger partial charge in [-0.2, -0.15) is 0 Å². The summed E-state index contributed by atoms with van der Waals surface area (Å²) in [5, 5.41) is 8.74. The summed E-state index contributed by atoms with van der Waals surface area (Å²) in [5.74, 6) is -1.31. The van der Waals surface area contributed by atoms with Crippen molar-refractivity contribution in [2.75, 3.05) is 6.61 Å². The summed E-state index contributed by atoms with van der Waals surface area (Å²) in [6, 6.07) is 9.26. The summed E-state index contributed by atoms with van der Waals surface area (Å²) in [5.41, 5.74) is 1.53. The summed E-state index contributed by atoms with van der Waals surface area (Å²) in [6.07, 6.45) is 2.44. The number of hydrogen-bond acceptors (Lipinski definition) is 3. The van der Waals surface area contributed by atoms with Crippen LogP contribution in [0, 0.1) is 0 Å². The first-order chi connectivity index (χ1) is 9.13. The van der Waals surface area contributed by atoms with Gasteiger partial charge in [0.05, 0.1) is 6.61 Å². The number of aliphatic carboxylic acids is 1. The van der Waals surface area contributed by atoms with E-state index < -0.39 is 11.9 Å². The SMILES string of the molecule is CCCOC(=O)/C=C(/CCC(=O)O)c1ccccc1. The normalized spacial score (nSPS) is 11.1. The molecular formula is C15H18O4. The van der Waals surface area contributed by atoms with Gasteiger partial charge in [0.2, 0.25) is 0 Å². The monoisotopic (exact) mass is 262 g/mol. The predicted molar refractivity (Wildman–Crippen MR) is 72.5 cm³/mol. The second kappa shape index (κ2) is 8.08. The summed E-state index contributed by atoms with van der Waals surface area (Å²) in [4.78, 5) is 22.2. The minimum atomic E-state index is -0.885. The summed E-state index contributed by atoms with van der Waals surface area (Å²) in [6.45, 7) is 2.29. The number of carbonyl (C=O) groups is 2. The van der Waals surface area contributed by atoms with Gasteiger partial charge in [0, 0.05) is 12.5 Å². The lowest BCUT2D eigenvalue weighted by Gasteiger charge is -2.07. The average molecular weight is 262 g/mol. The van der Waals surface area contributed by atoms with Gasteiger partial charge in [-0.15, -0.1) is 0 Å². The van der Waals surface area contributed by atoms with Gasteiger partial charge in [-0.3, -0.25) is 4.79 Å². The topological polar surface area (TPSA) is 63.6 Å². The third kappa shape index (κ3) is 5.86. The minimum absolute atomic E-state index is 0.0121. The van der Waals surface area contributed by atoms with Crippen LogP contribution in [0.15, 0.2) is 36.4 Å². The zero-order chi connectivity index (χ0) is 14.1. The van der Waals surface area contributed by atoms with Crippen LogP contribution >= 0.6 is 0 Å². The molecule has 0 aliphatic heterocycles. The fourth-order valence-corrected chi connectivity index (χ4v) is 1.58. The van der Waals surface area contributed by atoms with Crippen LogP contribution < -0.4 is 0 Å². The molecule has 0 aliphatic carbocycles. The predicted octanol–water partition coefficient (Wildman–Crippen LogP) is 2.89. The van der Waals surface area contributed by atoms with Gasteiger partial charge in [0.25, 0.3) is 0 Å². The van der Waals surface area contributed by atoms with Crippen molar-refractivity contribution in [1.82, 2.24) is 0 Å². The molecule has 1 N–H and O–H groups in total. The van der Waals surface area contributed by atoms with E-state index in [0.29, 0.717) is 18.6 Å². The number of rotatable bonds is 7. The number of esters is 1. The van der Waals surface area contributed by atoms with E-state index in [4.69, 9.17) is 9.84 Å². The van der Waals surface area contributed by atoms with Crippen molar-refractivity contribution in [2.24, 2.45) is 0 Å². The highest BCUT2D eigenvalue weighted by Crippen LogP contribution is 2.19. The molecular weight excluding hydrogens is 244 g/mol. The lowest BCUT2D eigenvalue weighted by atomic mass is 10.0. The van der Waals surface area contributed by atoms with Crippen LogP contribution in [-0.4, -0.2) is 23.7 Å². The smallest absolute Gasteiger partial charge is 0.331 e. The number of carbonyl (C=O) groups excluding carboxylic acids is 1. The first kappa shape index (κ1) is 15.0. The summed E-state index contributed by atoms with van der Waals surface area (Å²) >= 11 is 0. The van der Waals surface area contributed by atoms with Crippen LogP contribution in [0.25, 0.3) is 5.57 Å². The van der Waals surface area contributed by atoms with Crippen LogP contribution in [-0.2, 0) is 14.3 Å². The van der Waals surface area contributed by atoms with Crippen molar-refractivity contribution >= 4 is 17.5 Å². The first-order valence-corrected chi connectivity index (χ1v) is 6.28. The molecule has 0 spiro atoms. The molecule has 1 aromatic rings. The quantitative estimate of drug-likeness (QED) is 0.606. The van der Waals surface area contributed by atoms with Gasteiger partial charge >= 0.3 is 11.9 Å². The van der Waals surface area contributed by atoms with E-state index in [-0.39, 0.29) is 6.42 Å². The number of ether oxygens (including phenoxy) is 1. The largest absolute Gasteiger partial charge is 0.481 e. The van der Waals surface area contributed by atoms with Gasteiger partial charge in [0.15, 0.2) is 0 Å². The fraction of sp³-hybridized carbons (Fsp3) is 0.333. The van der Waals surface area contributed by atoms with Crippen molar-refractivity contribution in [3.05, 3.63) is 42.0 Å². The molecule has 0 aromatic heterocycles. The van der Waals surface area contributed by atoms with Gasteiger partial charge in [0.1, 0.15) is 0 Å². The van der Waals surface area contributed by atoms with E-state index in [0.717, 1.165) is 12.0 Å². The Balaban J connectivity index is 2.83. The molecule has 0 radical (unpaired) electrons. The second-order valence-corrected chi connectivity index (χ2v) is 4.10. The molecule has 1 aromatic carbocycles. The highest BCUT2D eigenvalue weighted by molar-refractivity contribution is 5.91. The third-order valence-corrected chi connectivity index (χ3v) is 2.49. The van der Waals surface area contributed by atoms with E-state index in [2.05, 4.69) is 0 Å². The molecule has 1 rings (SSSR count). The van der Waals surface area contributed by atoms with Crippen molar-refractivity contribution in [2.45, 2.75) is 26.2 Å². The standard InChI is InChI=1S/C15H18O4/c1-2-10-19-15(18)11-13(8-9-14(16)17)12-6-4-3-5-7-12/h3-7,11H,2,8-10H2,1H3,(H,16,17)/b13-11-. The Hall–Kier alpha value is -2.10.